The van der Waals surface area contributed by atoms with Crippen molar-refractivity contribution in [3.8, 4) is 11.3 Å². The molecule has 1 aliphatic rings. The lowest BCUT2D eigenvalue weighted by Crippen LogP contribution is -2.41. The van der Waals surface area contributed by atoms with Crippen LogP contribution in [0.5, 0.6) is 0 Å². The summed E-state index contributed by atoms with van der Waals surface area (Å²) >= 11 is 0. The van der Waals surface area contributed by atoms with Crippen molar-refractivity contribution < 1.29 is 9.53 Å². The maximum Gasteiger partial charge on any atom is 0.410 e. The van der Waals surface area contributed by atoms with Crippen molar-refractivity contribution >= 4 is 6.09 Å². The molecule has 1 aromatic carbocycles. The molecule has 22 heavy (non-hydrogen) atoms. The van der Waals surface area contributed by atoms with E-state index in [1.165, 1.54) is 0 Å². The molecule has 0 atom stereocenters. The number of nitrogens with zero attached hydrogens (tertiary/aromatic N) is 3. The topological polar surface area (TPSA) is 47.4 Å². The van der Waals surface area contributed by atoms with Gasteiger partial charge in [-0.2, -0.15) is 0 Å². The van der Waals surface area contributed by atoms with Gasteiger partial charge in [0.25, 0.3) is 0 Å². The summed E-state index contributed by atoms with van der Waals surface area (Å²) in [5.74, 6) is 0.899. The highest BCUT2D eigenvalue weighted by Gasteiger charge is 2.27. The fraction of sp³-hybridized carbons (Fsp3) is 0.412. The lowest BCUT2D eigenvalue weighted by atomic mass is 10.1. The number of aromatic nitrogens is 2. The van der Waals surface area contributed by atoms with Crippen molar-refractivity contribution in [3.05, 3.63) is 42.4 Å². The van der Waals surface area contributed by atoms with Crippen LogP contribution in [0, 0.1) is 0 Å². The van der Waals surface area contributed by atoms with Gasteiger partial charge in [-0.3, -0.25) is 4.90 Å². The summed E-state index contributed by atoms with van der Waals surface area (Å²) in [5.41, 5.74) is 1.77. The summed E-state index contributed by atoms with van der Waals surface area (Å²) in [7, 11) is 0. The van der Waals surface area contributed by atoms with Crippen LogP contribution in [0.2, 0.25) is 0 Å². The number of rotatable bonds is 1. The molecule has 0 N–H and O–H groups in total. The van der Waals surface area contributed by atoms with Gasteiger partial charge in [0.05, 0.1) is 18.4 Å². The number of benzene rings is 1. The third kappa shape index (κ3) is 2.98. The van der Waals surface area contributed by atoms with Crippen LogP contribution in [-0.2, 0) is 17.8 Å². The minimum atomic E-state index is -0.473. The number of imidazole rings is 1. The van der Waals surface area contributed by atoms with Crippen LogP contribution in [-0.4, -0.2) is 32.7 Å². The summed E-state index contributed by atoms with van der Waals surface area (Å²) in [6.07, 6.45) is 1.60. The van der Waals surface area contributed by atoms with E-state index in [0.29, 0.717) is 13.1 Å². The Morgan fingerprint density at radius 1 is 1.18 bits per heavy atom. The summed E-state index contributed by atoms with van der Waals surface area (Å²) in [5, 5.41) is 0. The molecule has 0 aliphatic carbocycles. The Morgan fingerprint density at radius 3 is 2.59 bits per heavy atom. The molecule has 0 unspecified atom stereocenters. The van der Waals surface area contributed by atoms with Crippen LogP contribution in [0.15, 0.2) is 36.5 Å². The summed E-state index contributed by atoms with van der Waals surface area (Å²) in [6.45, 7) is 7.49. The van der Waals surface area contributed by atoms with Crippen LogP contribution in [0.1, 0.15) is 26.6 Å². The fourth-order valence-corrected chi connectivity index (χ4v) is 2.58. The zero-order valence-corrected chi connectivity index (χ0v) is 13.2. The lowest BCUT2D eigenvalue weighted by Gasteiger charge is -2.30. The third-order valence-electron chi connectivity index (χ3n) is 3.59. The number of fused-ring (bicyclic) bond motifs is 1. The second kappa shape index (κ2) is 5.48. The van der Waals surface area contributed by atoms with Crippen LogP contribution in [0.3, 0.4) is 0 Å². The van der Waals surface area contributed by atoms with Crippen molar-refractivity contribution in [3.63, 3.8) is 0 Å². The van der Waals surface area contributed by atoms with Gasteiger partial charge < -0.3 is 9.30 Å². The van der Waals surface area contributed by atoms with E-state index in [2.05, 4.69) is 21.7 Å². The van der Waals surface area contributed by atoms with Crippen LogP contribution >= 0.6 is 0 Å². The highest BCUT2D eigenvalue weighted by molar-refractivity contribution is 5.68. The first-order valence-corrected chi connectivity index (χ1v) is 7.52. The molecule has 116 valence electrons. The lowest BCUT2D eigenvalue weighted by molar-refractivity contribution is 0.0196. The second-order valence-corrected chi connectivity index (χ2v) is 6.48. The largest absolute Gasteiger partial charge is 0.444 e. The Balaban J connectivity index is 1.78. The number of hydrogen-bond acceptors (Lipinski definition) is 3. The first kappa shape index (κ1) is 14.6. The van der Waals surface area contributed by atoms with Gasteiger partial charge in [-0.25, -0.2) is 9.78 Å². The minimum absolute atomic E-state index is 0.275. The Morgan fingerprint density at radius 2 is 1.91 bits per heavy atom. The fourth-order valence-electron chi connectivity index (χ4n) is 2.58. The van der Waals surface area contributed by atoms with Crippen LogP contribution in [0.4, 0.5) is 4.79 Å². The second-order valence-electron chi connectivity index (χ2n) is 6.48. The van der Waals surface area contributed by atoms with E-state index in [1.54, 1.807) is 4.90 Å². The molecule has 1 amide bonds. The maximum absolute atomic E-state index is 12.2. The Bertz CT molecular complexity index is 671. The smallest absolute Gasteiger partial charge is 0.410 e. The summed E-state index contributed by atoms with van der Waals surface area (Å²) < 4.78 is 7.61. The predicted molar refractivity (Wildman–Crippen MR) is 84.3 cm³/mol. The molecular formula is C17H21N3O2. The molecule has 0 bridgehead atoms. The molecule has 1 aromatic heterocycles. The number of carbonyl (C=O) groups excluding carboxylic acids is 1. The third-order valence-corrected chi connectivity index (χ3v) is 3.59. The minimum Gasteiger partial charge on any atom is -0.444 e. The number of hydrogen-bond donors (Lipinski definition) is 0. The molecule has 2 heterocycles. The zero-order valence-electron chi connectivity index (χ0n) is 13.2. The van der Waals surface area contributed by atoms with Crippen molar-refractivity contribution in [1.29, 1.82) is 0 Å². The average molecular weight is 299 g/mol. The van der Waals surface area contributed by atoms with E-state index < -0.39 is 5.60 Å². The van der Waals surface area contributed by atoms with E-state index in [0.717, 1.165) is 23.6 Å². The van der Waals surface area contributed by atoms with E-state index in [1.807, 2.05) is 45.2 Å². The molecule has 5 nitrogen and oxygen atoms in total. The van der Waals surface area contributed by atoms with Gasteiger partial charge >= 0.3 is 6.09 Å². The van der Waals surface area contributed by atoms with Gasteiger partial charge in [0.15, 0.2) is 0 Å². The van der Waals surface area contributed by atoms with Crippen LogP contribution < -0.4 is 0 Å². The van der Waals surface area contributed by atoms with Gasteiger partial charge in [-0.1, -0.05) is 30.3 Å². The molecule has 0 saturated heterocycles. The molecule has 3 rings (SSSR count). The number of amides is 1. The molecular weight excluding hydrogens is 278 g/mol. The quantitative estimate of drug-likeness (QED) is 0.811. The van der Waals surface area contributed by atoms with Crippen molar-refractivity contribution in [1.82, 2.24) is 14.5 Å². The standard InChI is InChI=1S/C17H21N3O2/c1-17(2,3)22-16(21)19-9-10-20-14(11-18-15(20)12-19)13-7-5-4-6-8-13/h4-8,11H,9-10,12H2,1-3H3. The molecule has 0 spiro atoms. The van der Waals surface area contributed by atoms with Gasteiger partial charge in [-0.15, -0.1) is 0 Å². The number of carbonyl (C=O) groups is 1. The highest BCUT2D eigenvalue weighted by atomic mass is 16.6. The maximum atomic E-state index is 12.2. The first-order chi connectivity index (χ1) is 10.4. The molecule has 5 heteroatoms. The Kier molecular flexibility index (Phi) is 3.64. The highest BCUT2D eigenvalue weighted by Crippen LogP contribution is 2.24. The zero-order chi connectivity index (χ0) is 15.7. The summed E-state index contributed by atoms with van der Waals surface area (Å²) in [4.78, 5) is 18.4. The molecule has 1 aliphatic heterocycles. The summed E-state index contributed by atoms with van der Waals surface area (Å²) in [6, 6.07) is 10.2. The van der Waals surface area contributed by atoms with Crippen molar-refractivity contribution in [2.75, 3.05) is 6.54 Å². The van der Waals surface area contributed by atoms with Gasteiger partial charge in [0.2, 0.25) is 0 Å². The predicted octanol–water partition coefficient (Wildman–Crippen LogP) is 3.30. The van der Waals surface area contributed by atoms with E-state index in [9.17, 15) is 4.79 Å². The van der Waals surface area contributed by atoms with Gasteiger partial charge in [-0.05, 0) is 26.3 Å². The Labute approximate surface area is 130 Å². The Hall–Kier alpha value is -2.30. The van der Waals surface area contributed by atoms with E-state index >= 15 is 0 Å². The average Bonchev–Trinajstić information content (AvgIpc) is 2.89. The first-order valence-electron chi connectivity index (χ1n) is 7.52. The van der Waals surface area contributed by atoms with E-state index in [4.69, 9.17) is 4.74 Å². The molecule has 0 fully saturated rings. The van der Waals surface area contributed by atoms with Gasteiger partial charge in [0.1, 0.15) is 11.4 Å². The van der Waals surface area contributed by atoms with Crippen molar-refractivity contribution in [2.45, 2.75) is 39.5 Å². The van der Waals surface area contributed by atoms with Crippen molar-refractivity contribution in [2.24, 2.45) is 0 Å². The molecule has 0 radical (unpaired) electrons. The monoisotopic (exact) mass is 299 g/mol. The molecule has 0 saturated carbocycles. The normalized spacial score (nSPS) is 14.6. The number of ether oxygens (including phenoxy) is 1. The van der Waals surface area contributed by atoms with E-state index in [-0.39, 0.29) is 6.09 Å². The molecule has 2 aromatic rings. The SMILES string of the molecule is CC(C)(C)OC(=O)N1CCn2c(-c3ccccc3)cnc2C1. The van der Waals surface area contributed by atoms with Gasteiger partial charge in [0, 0.05) is 13.1 Å². The van der Waals surface area contributed by atoms with Crippen LogP contribution in [0.25, 0.3) is 11.3 Å².